The number of methoxy groups -OCH3 is 4. The second-order valence-corrected chi connectivity index (χ2v) is 6.46. The molecule has 0 aromatic heterocycles. The molecule has 0 aliphatic rings. The molecule has 7 nitrogen and oxygen atoms in total. The molecule has 0 saturated carbocycles. The van der Waals surface area contributed by atoms with Crippen molar-refractivity contribution in [2.75, 3.05) is 40.8 Å². The summed E-state index contributed by atoms with van der Waals surface area (Å²) >= 11 is 0. The number of amides is 1. The SMILES string of the molecule is COc1cccc(NC(=O)[C@H](C)[NH+](C)Cc2ccc(OC)c(OC)c2OC)c1. The number of carbonyl (C=O) groups is 1. The van der Waals surface area contributed by atoms with Crippen LogP contribution in [0.15, 0.2) is 36.4 Å². The van der Waals surface area contributed by atoms with Gasteiger partial charge in [-0.3, -0.25) is 4.79 Å². The smallest absolute Gasteiger partial charge is 0.282 e. The highest BCUT2D eigenvalue weighted by molar-refractivity contribution is 5.93. The van der Waals surface area contributed by atoms with Gasteiger partial charge in [0.25, 0.3) is 5.91 Å². The minimum atomic E-state index is -0.288. The van der Waals surface area contributed by atoms with E-state index in [1.807, 2.05) is 44.3 Å². The van der Waals surface area contributed by atoms with Crippen molar-refractivity contribution in [3.8, 4) is 23.0 Å². The standard InChI is InChI=1S/C21H28N2O5/c1-14(21(24)22-16-8-7-9-17(12-16)25-3)23(2)13-15-10-11-18(26-4)20(28-6)19(15)27-5/h7-12,14H,13H2,1-6H3,(H,22,24)/p+1/t14-/m0/s1. The van der Waals surface area contributed by atoms with E-state index in [0.29, 0.717) is 35.2 Å². The summed E-state index contributed by atoms with van der Waals surface area (Å²) in [5.74, 6) is 2.38. The molecule has 1 unspecified atom stereocenters. The second kappa shape index (κ2) is 9.85. The molecule has 2 aromatic carbocycles. The Hall–Kier alpha value is -2.93. The number of hydrogen-bond acceptors (Lipinski definition) is 5. The Kier molecular flexibility index (Phi) is 7.52. The van der Waals surface area contributed by atoms with E-state index in [0.717, 1.165) is 10.5 Å². The third kappa shape index (κ3) is 4.86. The molecule has 0 heterocycles. The fraction of sp³-hybridized carbons (Fsp3) is 0.381. The van der Waals surface area contributed by atoms with E-state index in [1.165, 1.54) is 0 Å². The monoisotopic (exact) mass is 389 g/mol. The average molecular weight is 389 g/mol. The molecule has 0 fully saturated rings. The summed E-state index contributed by atoms with van der Waals surface area (Å²) in [5, 5.41) is 2.94. The molecule has 7 heteroatoms. The van der Waals surface area contributed by atoms with E-state index in [1.54, 1.807) is 34.5 Å². The van der Waals surface area contributed by atoms with Gasteiger partial charge >= 0.3 is 0 Å². The first-order valence-electron chi connectivity index (χ1n) is 9.00. The summed E-state index contributed by atoms with van der Waals surface area (Å²) < 4.78 is 21.5. The van der Waals surface area contributed by atoms with Crippen molar-refractivity contribution in [1.29, 1.82) is 0 Å². The molecule has 0 aliphatic carbocycles. The number of quaternary nitrogens is 1. The van der Waals surface area contributed by atoms with Gasteiger partial charge in [-0.25, -0.2) is 0 Å². The highest BCUT2D eigenvalue weighted by Gasteiger charge is 2.25. The van der Waals surface area contributed by atoms with E-state index < -0.39 is 0 Å². The van der Waals surface area contributed by atoms with Crippen molar-refractivity contribution >= 4 is 11.6 Å². The molecule has 2 rings (SSSR count). The Morgan fingerprint density at radius 3 is 2.32 bits per heavy atom. The van der Waals surface area contributed by atoms with Gasteiger partial charge in [0.15, 0.2) is 17.5 Å². The Morgan fingerprint density at radius 1 is 1.00 bits per heavy atom. The van der Waals surface area contributed by atoms with Crippen LogP contribution in [0.2, 0.25) is 0 Å². The molecule has 0 bridgehead atoms. The molecule has 0 spiro atoms. The van der Waals surface area contributed by atoms with Crippen LogP contribution in [-0.2, 0) is 11.3 Å². The zero-order valence-corrected chi connectivity index (χ0v) is 17.3. The topological polar surface area (TPSA) is 70.5 Å². The van der Waals surface area contributed by atoms with Gasteiger partial charge in [0.1, 0.15) is 12.3 Å². The lowest BCUT2D eigenvalue weighted by atomic mass is 10.1. The minimum Gasteiger partial charge on any atom is -0.497 e. The summed E-state index contributed by atoms with van der Waals surface area (Å²) in [6, 6.07) is 10.8. The second-order valence-electron chi connectivity index (χ2n) is 6.46. The highest BCUT2D eigenvalue weighted by atomic mass is 16.5. The summed E-state index contributed by atoms with van der Waals surface area (Å²) in [5.41, 5.74) is 1.63. The summed E-state index contributed by atoms with van der Waals surface area (Å²) in [4.78, 5) is 13.7. The van der Waals surface area contributed by atoms with Crippen molar-refractivity contribution in [1.82, 2.24) is 0 Å². The normalized spacial score (nSPS) is 12.6. The highest BCUT2D eigenvalue weighted by Crippen LogP contribution is 2.39. The quantitative estimate of drug-likeness (QED) is 0.684. The van der Waals surface area contributed by atoms with E-state index in [4.69, 9.17) is 18.9 Å². The molecule has 2 N–H and O–H groups in total. The predicted octanol–water partition coefficient (Wildman–Crippen LogP) is 1.76. The van der Waals surface area contributed by atoms with Gasteiger partial charge in [-0.15, -0.1) is 0 Å². The van der Waals surface area contributed by atoms with Crippen LogP contribution in [-0.4, -0.2) is 47.4 Å². The van der Waals surface area contributed by atoms with E-state index >= 15 is 0 Å². The van der Waals surface area contributed by atoms with E-state index in [-0.39, 0.29) is 11.9 Å². The first-order chi connectivity index (χ1) is 13.4. The first kappa shape index (κ1) is 21.4. The van der Waals surface area contributed by atoms with Gasteiger partial charge in [0.2, 0.25) is 5.75 Å². The number of likely N-dealkylation sites (N-methyl/N-ethyl adjacent to an activating group) is 1. The zero-order valence-electron chi connectivity index (χ0n) is 17.3. The van der Waals surface area contributed by atoms with Crippen LogP contribution in [0.1, 0.15) is 12.5 Å². The fourth-order valence-corrected chi connectivity index (χ4v) is 2.93. The number of nitrogens with one attached hydrogen (secondary N) is 2. The van der Waals surface area contributed by atoms with Gasteiger partial charge in [0.05, 0.1) is 41.1 Å². The number of rotatable bonds is 9. The number of anilines is 1. The maximum Gasteiger partial charge on any atom is 0.282 e. The van der Waals surface area contributed by atoms with Gasteiger partial charge in [0, 0.05) is 11.8 Å². The van der Waals surface area contributed by atoms with Crippen LogP contribution in [0.3, 0.4) is 0 Å². The lowest BCUT2D eigenvalue weighted by molar-refractivity contribution is -0.907. The average Bonchev–Trinajstić information content (AvgIpc) is 2.72. The molecule has 2 atom stereocenters. The van der Waals surface area contributed by atoms with Crippen LogP contribution in [0.4, 0.5) is 5.69 Å². The maximum absolute atomic E-state index is 12.7. The summed E-state index contributed by atoms with van der Waals surface area (Å²) in [6.07, 6.45) is 0. The Labute approximate surface area is 166 Å². The largest absolute Gasteiger partial charge is 0.497 e. The lowest BCUT2D eigenvalue weighted by Crippen LogP contribution is -3.12. The maximum atomic E-state index is 12.7. The number of benzene rings is 2. The number of hydrogen-bond donors (Lipinski definition) is 2. The fourth-order valence-electron chi connectivity index (χ4n) is 2.93. The number of ether oxygens (including phenoxy) is 4. The number of carbonyl (C=O) groups excluding carboxylic acids is 1. The van der Waals surface area contributed by atoms with Gasteiger partial charge < -0.3 is 29.2 Å². The van der Waals surface area contributed by atoms with Crippen LogP contribution >= 0.6 is 0 Å². The van der Waals surface area contributed by atoms with Crippen molar-refractivity contribution in [3.63, 3.8) is 0 Å². The summed E-state index contributed by atoms with van der Waals surface area (Å²) in [6.45, 7) is 2.47. The van der Waals surface area contributed by atoms with Gasteiger partial charge in [-0.2, -0.15) is 0 Å². The molecule has 0 aliphatic heterocycles. The molecule has 0 radical (unpaired) electrons. The molecule has 1 amide bonds. The molecule has 28 heavy (non-hydrogen) atoms. The molecule has 152 valence electrons. The first-order valence-corrected chi connectivity index (χ1v) is 9.00. The van der Waals surface area contributed by atoms with Crippen molar-refractivity contribution in [2.24, 2.45) is 0 Å². The third-order valence-corrected chi connectivity index (χ3v) is 4.72. The molecule has 2 aromatic rings. The molecular weight excluding hydrogens is 360 g/mol. The Balaban J connectivity index is 2.13. The molecular formula is C21H29N2O5+. The van der Waals surface area contributed by atoms with Crippen molar-refractivity contribution in [2.45, 2.75) is 19.5 Å². The van der Waals surface area contributed by atoms with E-state index in [2.05, 4.69) is 5.32 Å². The van der Waals surface area contributed by atoms with E-state index in [9.17, 15) is 4.79 Å². The van der Waals surface area contributed by atoms with Crippen LogP contribution in [0.25, 0.3) is 0 Å². The Bertz CT molecular complexity index is 809. The van der Waals surface area contributed by atoms with Crippen LogP contribution in [0.5, 0.6) is 23.0 Å². The third-order valence-electron chi connectivity index (χ3n) is 4.72. The molecule has 0 saturated heterocycles. The van der Waals surface area contributed by atoms with Crippen molar-refractivity contribution in [3.05, 3.63) is 42.0 Å². The predicted molar refractivity (Wildman–Crippen MR) is 108 cm³/mol. The van der Waals surface area contributed by atoms with Crippen molar-refractivity contribution < 1.29 is 28.6 Å². The van der Waals surface area contributed by atoms with Gasteiger partial charge in [-0.05, 0) is 31.2 Å². The Morgan fingerprint density at radius 2 is 1.71 bits per heavy atom. The van der Waals surface area contributed by atoms with Crippen LogP contribution < -0.4 is 29.2 Å². The minimum absolute atomic E-state index is 0.0785. The van der Waals surface area contributed by atoms with Crippen LogP contribution in [0, 0.1) is 0 Å². The van der Waals surface area contributed by atoms with Gasteiger partial charge in [-0.1, -0.05) is 6.07 Å². The zero-order chi connectivity index (χ0) is 20.7. The summed E-state index contributed by atoms with van der Waals surface area (Å²) in [7, 11) is 8.31. The lowest BCUT2D eigenvalue weighted by Gasteiger charge is -2.23.